The first-order valence-electron chi connectivity index (χ1n) is 6.70. The van der Waals surface area contributed by atoms with E-state index in [0.717, 1.165) is 25.2 Å². The number of fused-ring (bicyclic) bond motifs is 1. The van der Waals surface area contributed by atoms with E-state index in [2.05, 4.69) is 48.0 Å². The molecule has 0 saturated carbocycles. The number of hydrogen-bond donors (Lipinski definition) is 0. The predicted octanol–water partition coefficient (Wildman–Crippen LogP) is 3.87. The van der Waals surface area contributed by atoms with Crippen LogP contribution in [0.15, 0.2) is 18.2 Å². The van der Waals surface area contributed by atoms with Gasteiger partial charge in [0.1, 0.15) is 11.9 Å². The molecule has 2 aliphatic heterocycles. The van der Waals surface area contributed by atoms with E-state index >= 15 is 0 Å². The van der Waals surface area contributed by atoms with Gasteiger partial charge in [-0.05, 0) is 36.5 Å². The Bertz CT molecular complexity index is 446. The van der Waals surface area contributed by atoms with E-state index in [0.29, 0.717) is 18.1 Å². The zero-order chi connectivity index (χ0) is 12.7. The van der Waals surface area contributed by atoms with Gasteiger partial charge in [0.15, 0.2) is 0 Å². The Kier molecular flexibility index (Phi) is 3.37. The van der Waals surface area contributed by atoms with Gasteiger partial charge in [0, 0.05) is 13.0 Å². The molecule has 98 valence electrons. The third-order valence-electron chi connectivity index (χ3n) is 3.97. The van der Waals surface area contributed by atoms with Crippen LogP contribution in [0.25, 0.3) is 0 Å². The molecule has 4 atom stereocenters. The molecule has 1 aromatic rings. The summed E-state index contributed by atoms with van der Waals surface area (Å²) in [6, 6.07) is 6.53. The van der Waals surface area contributed by atoms with Crippen molar-refractivity contribution < 1.29 is 9.47 Å². The van der Waals surface area contributed by atoms with Crippen LogP contribution in [-0.2, 0) is 11.2 Å². The van der Waals surface area contributed by atoms with Crippen molar-refractivity contribution in [1.29, 1.82) is 0 Å². The van der Waals surface area contributed by atoms with Crippen molar-refractivity contribution in [1.82, 2.24) is 0 Å². The molecule has 1 fully saturated rings. The first-order chi connectivity index (χ1) is 8.65. The van der Waals surface area contributed by atoms with E-state index in [1.807, 2.05) is 0 Å². The molecule has 0 spiro atoms. The highest BCUT2D eigenvalue weighted by atomic mass is 79.9. The molecule has 3 rings (SSSR count). The maximum Gasteiger partial charge on any atom is 0.123 e. The van der Waals surface area contributed by atoms with Crippen molar-refractivity contribution in [3.8, 4) is 5.75 Å². The van der Waals surface area contributed by atoms with Gasteiger partial charge in [-0.25, -0.2) is 0 Å². The molecule has 0 N–H and O–H groups in total. The van der Waals surface area contributed by atoms with Crippen LogP contribution in [0.5, 0.6) is 5.75 Å². The van der Waals surface area contributed by atoms with Gasteiger partial charge in [-0.2, -0.15) is 0 Å². The maximum absolute atomic E-state index is 5.84. The van der Waals surface area contributed by atoms with Crippen LogP contribution in [-0.4, -0.2) is 18.8 Å². The normalized spacial score (nSPS) is 32.1. The minimum atomic E-state index is 0.288. The Morgan fingerprint density at radius 1 is 1.33 bits per heavy atom. The summed E-state index contributed by atoms with van der Waals surface area (Å²) in [7, 11) is 0. The third kappa shape index (κ3) is 2.19. The van der Waals surface area contributed by atoms with Crippen LogP contribution >= 0.6 is 15.9 Å². The van der Waals surface area contributed by atoms with E-state index in [1.165, 1.54) is 11.1 Å². The number of benzene rings is 1. The molecule has 0 aromatic heterocycles. The Morgan fingerprint density at radius 3 is 2.89 bits per heavy atom. The number of rotatable bonds is 2. The average Bonchev–Trinajstić information content (AvgIpc) is 2.91. The molecular weight excluding hydrogens is 292 g/mol. The lowest BCUT2D eigenvalue weighted by Crippen LogP contribution is -2.19. The first kappa shape index (κ1) is 12.5. The Labute approximate surface area is 117 Å². The second-order valence-corrected chi connectivity index (χ2v) is 6.49. The second kappa shape index (κ2) is 4.86. The lowest BCUT2D eigenvalue weighted by Gasteiger charge is -2.21. The zero-order valence-electron chi connectivity index (χ0n) is 10.9. The van der Waals surface area contributed by atoms with Crippen LogP contribution in [0.2, 0.25) is 0 Å². The topological polar surface area (TPSA) is 18.5 Å². The fourth-order valence-corrected chi connectivity index (χ4v) is 3.85. The standard InChI is InChI=1S/C15H19BrO2/c1-9-5-6-17-15(9)14(16)11-3-4-13-12(8-11)7-10(2)18-13/h3-4,8-10,14-15H,5-7H2,1-2H3. The van der Waals surface area contributed by atoms with Crippen molar-refractivity contribution in [2.75, 3.05) is 6.61 Å². The summed E-state index contributed by atoms with van der Waals surface area (Å²) in [5.41, 5.74) is 2.64. The number of hydrogen-bond acceptors (Lipinski definition) is 2. The fourth-order valence-electron chi connectivity index (χ4n) is 2.89. The first-order valence-corrected chi connectivity index (χ1v) is 7.62. The zero-order valence-corrected chi connectivity index (χ0v) is 12.4. The molecular formula is C15H19BrO2. The third-order valence-corrected chi connectivity index (χ3v) is 5.02. The number of alkyl halides is 1. The molecule has 3 heteroatoms. The highest BCUT2D eigenvalue weighted by Crippen LogP contribution is 2.39. The van der Waals surface area contributed by atoms with Gasteiger partial charge in [0.25, 0.3) is 0 Å². The smallest absolute Gasteiger partial charge is 0.123 e. The SMILES string of the molecule is CC1Cc2cc(C(Br)C3OCCC3C)ccc2O1. The molecule has 0 bridgehead atoms. The van der Waals surface area contributed by atoms with Crippen LogP contribution in [0.1, 0.15) is 36.2 Å². The van der Waals surface area contributed by atoms with Gasteiger partial charge in [-0.15, -0.1) is 0 Å². The molecule has 0 radical (unpaired) electrons. The summed E-state index contributed by atoms with van der Waals surface area (Å²) in [6.45, 7) is 5.27. The van der Waals surface area contributed by atoms with Crippen LogP contribution in [0.3, 0.4) is 0 Å². The van der Waals surface area contributed by atoms with Crippen molar-refractivity contribution in [3.05, 3.63) is 29.3 Å². The van der Waals surface area contributed by atoms with Gasteiger partial charge in [0.05, 0.1) is 10.9 Å². The van der Waals surface area contributed by atoms with Crippen LogP contribution in [0.4, 0.5) is 0 Å². The van der Waals surface area contributed by atoms with Crippen molar-refractivity contribution in [3.63, 3.8) is 0 Å². The molecule has 2 heterocycles. The number of ether oxygens (including phenoxy) is 2. The molecule has 2 nitrogen and oxygen atoms in total. The van der Waals surface area contributed by atoms with Gasteiger partial charge < -0.3 is 9.47 Å². The molecule has 4 unspecified atom stereocenters. The largest absolute Gasteiger partial charge is 0.490 e. The quantitative estimate of drug-likeness (QED) is 0.772. The second-order valence-electron chi connectivity index (χ2n) is 5.50. The van der Waals surface area contributed by atoms with Crippen molar-refractivity contribution >= 4 is 15.9 Å². The lowest BCUT2D eigenvalue weighted by molar-refractivity contribution is 0.0935. The molecule has 1 aromatic carbocycles. The van der Waals surface area contributed by atoms with Gasteiger partial charge in [-0.3, -0.25) is 0 Å². The van der Waals surface area contributed by atoms with E-state index in [-0.39, 0.29) is 4.83 Å². The van der Waals surface area contributed by atoms with Gasteiger partial charge in [-0.1, -0.05) is 35.0 Å². The van der Waals surface area contributed by atoms with E-state index in [9.17, 15) is 0 Å². The summed E-state index contributed by atoms with van der Waals surface area (Å²) in [5.74, 6) is 1.67. The van der Waals surface area contributed by atoms with Gasteiger partial charge in [0.2, 0.25) is 0 Å². The summed E-state index contributed by atoms with van der Waals surface area (Å²) >= 11 is 3.81. The molecule has 0 aliphatic carbocycles. The number of halogens is 1. The fraction of sp³-hybridized carbons (Fsp3) is 0.600. The molecule has 2 aliphatic rings. The monoisotopic (exact) mass is 310 g/mol. The van der Waals surface area contributed by atoms with Gasteiger partial charge >= 0.3 is 0 Å². The summed E-state index contributed by atoms with van der Waals surface area (Å²) in [4.78, 5) is 0.288. The summed E-state index contributed by atoms with van der Waals surface area (Å²) < 4.78 is 11.6. The summed E-state index contributed by atoms with van der Waals surface area (Å²) in [6.07, 6.45) is 2.79. The highest BCUT2D eigenvalue weighted by molar-refractivity contribution is 9.09. The average molecular weight is 311 g/mol. The minimum Gasteiger partial charge on any atom is -0.490 e. The van der Waals surface area contributed by atoms with E-state index in [4.69, 9.17) is 9.47 Å². The van der Waals surface area contributed by atoms with Crippen molar-refractivity contribution in [2.45, 2.75) is 43.7 Å². The van der Waals surface area contributed by atoms with Crippen LogP contribution < -0.4 is 4.74 Å². The Hall–Kier alpha value is -0.540. The molecule has 18 heavy (non-hydrogen) atoms. The molecule has 1 saturated heterocycles. The predicted molar refractivity (Wildman–Crippen MR) is 75.4 cm³/mol. The van der Waals surface area contributed by atoms with Crippen LogP contribution in [0, 0.1) is 5.92 Å². The van der Waals surface area contributed by atoms with E-state index < -0.39 is 0 Å². The molecule has 0 amide bonds. The highest BCUT2D eigenvalue weighted by Gasteiger charge is 2.32. The van der Waals surface area contributed by atoms with Crippen molar-refractivity contribution in [2.24, 2.45) is 5.92 Å². The Balaban J connectivity index is 1.82. The minimum absolute atomic E-state index is 0.288. The summed E-state index contributed by atoms with van der Waals surface area (Å²) in [5, 5.41) is 0. The maximum atomic E-state index is 5.84. The van der Waals surface area contributed by atoms with E-state index in [1.54, 1.807) is 0 Å². The Morgan fingerprint density at radius 2 is 2.17 bits per heavy atom. The lowest BCUT2D eigenvalue weighted by atomic mass is 9.96.